The molecule has 4 nitrogen and oxygen atoms in total. The maximum atomic E-state index is 11.8. The van der Waals surface area contributed by atoms with Gasteiger partial charge in [-0.1, -0.05) is 0 Å². The first kappa shape index (κ1) is 10.4. The van der Waals surface area contributed by atoms with Crippen LogP contribution in [0, 0.1) is 17.2 Å². The summed E-state index contributed by atoms with van der Waals surface area (Å²) in [6.07, 6.45) is 4.94. The summed E-state index contributed by atoms with van der Waals surface area (Å²) >= 11 is 0. The van der Waals surface area contributed by atoms with E-state index in [0.717, 1.165) is 38.6 Å². The van der Waals surface area contributed by atoms with E-state index in [4.69, 9.17) is 5.26 Å². The Labute approximate surface area is 90.0 Å². The summed E-state index contributed by atoms with van der Waals surface area (Å²) in [6.45, 7) is 0.935. The van der Waals surface area contributed by atoms with Crippen molar-refractivity contribution in [2.75, 3.05) is 6.54 Å². The van der Waals surface area contributed by atoms with E-state index < -0.39 is 0 Å². The lowest BCUT2D eigenvalue weighted by atomic mass is 10.1. The van der Waals surface area contributed by atoms with Crippen LogP contribution in [0.25, 0.3) is 0 Å². The first-order valence-electron chi connectivity index (χ1n) is 5.74. The highest BCUT2D eigenvalue weighted by molar-refractivity contribution is 5.82. The summed E-state index contributed by atoms with van der Waals surface area (Å²) in [7, 11) is 0. The van der Waals surface area contributed by atoms with E-state index in [1.807, 2.05) is 0 Å². The van der Waals surface area contributed by atoms with Crippen LogP contribution in [-0.2, 0) is 4.79 Å². The van der Waals surface area contributed by atoms with Crippen molar-refractivity contribution < 1.29 is 4.79 Å². The van der Waals surface area contributed by atoms with E-state index in [-0.39, 0.29) is 23.9 Å². The summed E-state index contributed by atoms with van der Waals surface area (Å²) in [5, 5.41) is 15.1. The van der Waals surface area contributed by atoms with Gasteiger partial charge in [0.25, 0.3) is 0 Å². The van der Waals surface area contributed by atoms with Crippen molar-refractivity contribution >= 4 is 5.91 Å². The molecule has 1 aliphatic heterocycles. The van der Waals surface area contributed by atoms with Gasteiger partial charge in [-0.15, -0.1) is 0 Å². The summed E-state index contributed by atoms with van der Waals surface area (Å²) < 4.78 is 0. The Morgan fingerprint density at radius 1 is 1.33 bits per heavy atom. The van der Waals surface area contributed by atoms with Gasteiger partial charge in [-0.3, -0.25) is 4.79 Å². The SMILES string of the molecule is N#CC1CCCC1NC(=O)C1CCCN1. The monoisotopic (exact) mass is 207 g/mol. The largest absolute Gasteiger partial charge is 0.351 e. The van der Waals surface area contributed by atoms with Crippen LogP contribution in [0.1, 0.15) is 32.1 Å². The van der Waals surface area contributed by atoms with Crippen molar-refractivity contribution in [3.63, 3.8) is 0 Å². The maximum absolute atomic E-state index is 11.8. The van der Waals surface area contributed by atoms with Crippen molar-refractivity contribution in [1.29, 1.82) is 5.26 Å². The molecule has 0 spiro atoms. The summed E-state index contributed by atoms with van der Waals surface area (Å²) in [5.74, 6) is 0.106. The average molecular weight is 207 g/mol. The van der Waals surface area contributed by atoms with Crippen LogP contribution < -0.4 is 10.6 Å². The maximum Gasteiger partial charge on any atom is 0.237 e. The third kappa shape index (κ3) is 2.29. The Bertz CT molecular complexity index is 278. The Hall–Kier alpha value is -1.08. The standard InChI is InChI=1S/C11H17N3O/c12-7-8-3-1-4-9(8)14-11(15)10-5-2-6-13-10/h8-10,13H,1-6H2,(H,14,15). The number of hydrogen-bond donors (Lipinski definition) is 2. The second kappa shape index (κ2) is 4.63. The van der Waals surface area contributed by atoms with Gasteiger partial charge in [0.05, 0.1) is 18.0 Å². The highest BCUT2D eigenvalue weighted by Gasteiger charge is 2.31. The number of nitrogens with one attached hydrogen (secondary N) is 2. The average Bonchev–Trinajstić information content (AvgIpc) is 2.87. The van der Waals surface area contributed by atoms with E-state index >= 15 is 0 Å². The second-order valence-electron chi connectivity index (χ2n) is 4.43. The van der Waals surface area contributed by atoms with Gasteiger partial charge in [0.2, 0.25) is 5.91 Å². The Morgan fingerprint density at radius 2 is 2.20 bits per heavy atom. The Balaban J connectivity index is 1.85. The number of nitrogens with zero attached hydrogens (tertiary/aromatic N) is 1. The second-order valence-corrected chi connectivity index (χ2v) is 4.43. The summed E-state index contributed by atoms with van der Waals surface area (Å²) in [6, 6.07) is 2.34. The lowest BCUT2D eigenvalue weighted by Crippen LogP contribution is -2.46. The minimum absolute atomic E-state index is 0.0232. The van der Waals surface area contributed by atoms with E-state index in [2.05, 4.69) is 16.7 Å². The van der Waals surface area contributed by atoms with Crippen LogP contribution in [-0.4, -0.2) is 24.5 Å². The molecule has 1 saturated heterocycles. The predicted molar refractivity (Wildman–Crippen MR) is 55.9 cm³/mol. The van der Waals surface area contributed by atoms with Gasteiger partial charge in [-0.2, -0.15) is 5.26 Å². The molecule has 1 amide bonds. The molecule has 0 bridgehead atoms. The lowest BCUT2D eigenvalue weighted by Gasteiger charge is -2.18. The quantitative estimate of drug-likeness (QED) is 0.695. The molecule has 3 unspecified atom stereocenters. The summed E-state index contributed by atoms with van der Waals surface area (Å²) in [4.78, 5) is 11.8. The van der Waals surface area contributed by atoms with Crippen molar-refractivity contribution in [2.24, 2.45) is 5.92 Å². The molecule has 1 heterocycles. The van der Waals surface area contributed by atoms with Crippen LogP contribution in [0.3, 0.4) is 0 Å². The third-order valence-electron chi connectivity index (χ3n) is 3.39. The van der Waals surface area contributed by atoms with Crippen LogP contribution in [0.15, 0.2) is 0 Å². The molecule has 0 aromatic carbocycles. The van der Waals surface area contributed by atoms with Crippen molar-refractivity contribution in [3.8, 4) is 6.07 Å². The first-order valence-corrected chi connectivity index (χ1v) is 5.74. The Kier molecular flexibility index (Phi) is 3.22. The van der Waals surface area contributed by atoms with Crippen molar-refractivity contribution in [2.45, 2.75) is 44.2 Å². The smallest absolute Gasteiger partial charge is 0.237 e. The molecule has 4 heteroatoms. The predicted octanol–water partition coefficient (Wildman–Crippen LogP) is 0.547. The minimum Gasteiger partial charge on any atom is -0.351 e. The molecular formula is C11H17N3O. The van der Waals surface area contributed by atoms with Crippen LogP contribution in [0.4, 0.5) is 0 Å². The molecular weight excluding hydrogens is 190 g/mol. The van der Waals surface area contributed by atoms with Crippen molar-refractivity contribution in [3.05, 3.63) is 0 Å². The van der Waals surface area contributed by atoms with E-state index in [9.17, 15) is 4.79 Å². The van der Waals surface area contributed by atoms with E-state index in [1.54, 1.807) is 0 Å². The fourth-order valence-electron chi connectivity index (χ4n) is 2.48. The summed E-state index contributed by atoms with van der Waals surface area (Å²) in [5.41, 5.74) is 0. The number of carbonyl (C=O) groups excluding carboxylic acids is 1. The van der Waals surface area contributed by atoms with Crippen LogP contribution in [0.5, 0.6) is 0 Å². The van der Waals surface area contributed by atoms with E-state index in [0.29, 0.717) is 0 Å². The molecule has 0 aromatic rings. The number of carbonyl (C=O) groups is 1. The highest BCUT2D eigenvalue weighted by Crippen LogP contribution is 2.25. The number of rotatable bonds is 2. The molecule has 2 rings (SSSR count). The minimum atomic E-state index is -0.0232. The zero-order valence-corrected chi connectivity index (χ0v) is 8.83. The lowest BCUT2D eigenvalue weighted by molar-refractivity contribution is -0.123. The van der Waals surface area contributed by atoms with Gasteiger partial charge >= 0.3 is 0 Å². The first-order chi connectivity index (χ1) is 7.31. The van der Waals surface area contributed by atoms with Gasteiger partial charge in [0.1, 0.15) is 0 Å². The molecule has 1 saturated carbocycles. The zero-order chi connectivity index (χ0) is 10.7. The topological polar surface area (TPSA) is 64.9 Å². The number of nitriles is 1. The molecule has 1 aliphatic carbocycles. The van der Waals surface area contributed by atoms with Gasteiger partial charge < -0.3 is 10.6 Å². The van der Waals surface area contributed by atoms with Gasteiger partial charge in [-0.25, -0.2) is 0 Å². The molecule has 2 aliphatic rings. The third-order valence-corrected chi connectivity index (χ3v) is 3.39. The number of amides is 1. The highest BCUT2D eigenvalue weighted by atomic mass is 16.2. The van der Waals surface area contributed by atoms with Gasteiger partial charge in [0, 0.05) is 6.04 Å². The molecule has 15 heavy (non-hydrogen) atoms. The molecule has 0 radical (unpaired) electrons. The van der Waals surface area contributed by atoms with Crippen LogP contribution >= 0.6 is 0 Å². The molecule has 3 atom stereocenters. The Morgan fingerprint density at radius 3 is 2.87 bits per heavy atom. The van der Waals surface area contributed by atoms with E-state index in [1.165, 1.54) is 0 Å². The fourth-order valence-corrected chi connectivity index (χ4v) is 2.48. The van der Waals surface area contributed by atoms with Crippen LogP contribution in [0.2, 0.25) is 0 Å². The zero-order valence-electron chi connectivity index (χ0n) is 8.83. The van der Waals surface area contributed by atoms with Gasteiger partial charge in [0.15, 0.2) is 0 Å². The van der Waals surface area contributed by atoms with Crippen molar-refractivity contribution in [1.82, 2.24) is 10.6 Å². The fraction of sp³-hybridized carbons (Fsp3) is 0.818. The van der Waals surface area contributed by atoms with Gasteiger partial charge in [-0.05, 0) is 38.6 Å². The molecule has 2 fully saturated rings. The molecule has 0 aromatic heterocycles. The molecule has 2 N–H and O–H groups in total. The normalized spacial score (nSPS) is 35.0. The number of hydrogen-bond acceptors (Lipinski definition) is 3. The molecule has 82 valence electrons.